The van der Waals surface area contributed by atoms with Crippen molar-refractivity contribution in [3.63, 3.8) is 0 Å². The van der Waals surface area contributed by atoms with Gasteiger partial charge in [0.15, 0.2) is 0 Å². The Bertz CT molecular complexity index is 992. The third-order valence-electron chi connectivity index (χ3n) is 4.00. The lowest BCUT2D eigenvalue weighted by Crippen LogP contribution is -2.21. The number of nitrogens with zero attached hydrogens (tertiary/aromatic N) is 2. The van der Waals surface area contributed by atoms with Gasteiger partial charge in [-0.05, 0) is 44.9 Å². The molecule has 0 saturated carbocycles. The molecule has 0 aliphatic carbocycles. The van der Waals surface area contributed by atoms with E-state index in [9.17, 15) is 9.59 Å². The Morgan fingerprint density at radius 2 is 2.00 bits per heavy atom. The summed E-state index contributed by atoms with van der Waals surface area (Å²) in [5, 5.41) is 0.488. The van der Waals surface area contributed by atoms with E-state index in [1.54, 1.807) is 25.3 Å². The number of hydrogen-bond donors (Lipinski definition) is 0. The molecule has 7 heteroatoms. The van der Waals surface area contributed by atoms with E-state index in [0.29, 0.717) is 40.2 Å². The summed E-state index contributed by atoms with van der Waals surface area (Å²) in [5.74, 6) is 0.396. The Balaban J connectivity index is 1.73. The number of carbonyl (C=O) groups is 1. The van der Waals surface area contributed by atoms with Gasteiger partial charge in [0.05, 0.1) is 24.4 Å². The standard InChI is InChI=1S/C20H22N2O4S/c1-13(2)26-20(24)17-14(3)16-18(27-17)21-12-22(19(16)23)10-7-11-25-15-8-5-4-6-9-15/h4-6,8-9,12-13H,7,10-11H2,1-3H3. The number of ether oxygens (including phenoxy) is 2. The van der Waals surface area contributed by atoms with Crippen LogP contribution in [0.2, 0.25) is 0 Å². The fourth-order valence-corrected chi connectivity index (χ4v) is 3.74. The number of aromatic nitrogens is 2. The molecule has 0 N–H and O–H groups in total. The molecule has 6 nitrogen and oxygen atoms in total. The fraction of sp³-hybridized carbons (Fsp3) is 0.350. The molecule has 0 bridgehead atoms. The molecule has 1 aromatic carbocycles. The van der Waals surface area contributed by atoms with Crippen molar-refractivity contribution in [2.45, 2.75) is 39.8 Å². The molecule has 0 unspecified atom stereocenters. The molecule has 2 heterocycles. The lowest BCUT2D eigenvalue weighted by molar-refractivity contribution is 0.0383. The second kappa shape index (κ2) is 8.35. The van der Waals surface area contributed by atoms with E-state index in [-0.39, 0.29) is 11.7 Å². The molecule has 3 rings (SSSR count). The van der Waals surface area contributed by atoms with Gasteiger partial charge >= 0.3 is 5.97 Å². The topological polar surface area (TPSA) is 70.4 Å². The summed E-state index contributed by atoms with van der Waals surface area (Å²) in [6.07, 6.45) is 1.99. The van der Waals surface area contributed by atoms with Crippen LogP contribution in [0.5, 0.6) is 5.75 Å². The fourth-order valence-electron chi connectivity index (χ4n) is 2.72. The van der Waals surface area contributed by atoms with Gasteiger partial charge in [-0.1, -0.05) is 18.2 Å². The molecular weight excluding hydrogens is 364 g/mol. The predicted octanol–water partition coefficient (Wildman–Crippen LogP) is 3.80. The predicted molar refractivity (Wildman–Crippen MR) is 106 cm³/mol. The van der Waals surface area contributed by atoms with Gasteiger partial charge in [0, 0.05) is 6.54 Å². The van der Waals surface area contributed by atoms with Crippen molar-refractivity contribution in [2.75, 3.05) is 6.61 Å². The molecule has 0 aliphatic rings. The summed E-state index contributed by atoms with van der Waals surface area (Å²) in [6.45, 7) is 6.35. The molecular formula is C20H22N2O4S. The molecule has 142 valence electrons. The van der Waals surface area contributed by atoms with E-state index in [0.717, 1.165) is 5.75 Å². The molecule has 0 saturated heterocycles. The first-order valence-corrected chi connectivity index (χ1v) is 9.66. The molecule has 2 aromatic heterocycles. The van der Waals surface area contributed by atoms with Crippen LogP contribution in [0.15, 0.2) is 41.5 Å². The Kier molecular flexibility index (Phi) is 5.91. The lowest BCUT2D eigenvalue weighted by atomic mass is 10.2. The van der Waals surface area contributed by atoms with Crippen LogP contribution in [-0.4, -0.2) is 28.2 Å². The number of hydrogen-bond acceptors (Lipinski definition) is 6. The maximum atomic E-state index is 12.8. The van der Waals surface area contributed by atoms with Gasteiger partial charge in [0.25, 0.3) is 5.56 Å². The molecule has 0 atom stereocenters. The zero-order valence-electron chi connectivity index (χ0n) is 15.6. The number of esters is 1. The zero-order chi connectivity index (χ0) is 19.4. The smallest absolute Gasteiger partial charge is 0.348 e. The maximum absolute atomic E-state index is 12.8. The van der Waals surface area contributed by atoms with E-state index in [4.69, 9.17) is 9.47 Å². The largest absolute Gasteiger partial charge is 0.494 e. The minimum atomic E-state index is -0.410. The first-order chi connectivity index (χ1) is 13.0. The van der Waals surface area contributed by atoms with Crippen molar-refractivity contribution in [3.05, 3.63) is 57.5 Å². The highest BCUT2D eigenvalue weighted by Crippen LogP contribution is 2.27. The number of carbonyl (C=O) groups excluding carboxylic acids is 1. The molecule has 0 amide bonds. The second-order valence-corrected chi connectivity index (χ2v) is 7.45. The molecule has 0 radical (unpaired) electrons. The van der Waals surface area contributed by atoms with Crippen LogP contribution in [0.1, 0.15) is 35.5 Å². The SMILES string of the molecule is Cc1c(C(=O)OC(C)C)sc2ncn(CCCOc3ccccc3)c(=O)c12. The normalized spacial score (nSPS) is 11.1. The van der Waals surface area contributed by atoms with Gasteiger partial charge in [-0.15, -0.1) is 11.3 Å². The van der Waals surface area contributed by atoms with Gasteiger partial charge in [0.2, 0.25) is 0 Å². The van der Waals surface area contributed by atoms with Crippen LogP contribution < -0.4 is 10.3 Å². The average Bonchev–Trinajstić information content (AvgIpc) is 2.98. The summed E-state index contributed by atoms with van der Waals surface area (Å²) in [5.41, 5.74) is 0.491. The summed E-state index contributed by atoms with van der Waals surface area (Å²) in [6, 6.07) is 9.55. The first-order valence-electron chi connectivity index (χ1n) is 8.84. The van der Waals surface area contributed by atoms with Gasteiger partial charge in [-0.3, -0.25) is 9.36 Å². The minimum Gasteiger partial charge on any atom is -0.494 e. The van der Waals surface area contributed by atoms with Crippen LogP contribution in [0, 0.1) is 6.92 Å². The summed E-state index contributed by atoms with van der Waals surface area (Å²) in [4.78, 5) is 30.4. The van der Waals surface area contributed by atoms with Gasteiger partial charge in [0.1, 0.15) is 15.5 Å². The zero-order valence-corrected chi connectivity index (χ0v) is 16.4. The molecule has 27 heavy (non-hydrogen) atoms. The average molecular weight is 386 g/mol. The van der Waals surface area contributed by atoms with E-state index >= 15 is 0 Å². The number of fused-ring (bicyclic) bond motifs is 1. The van der Waals surface area contributed by atoms with Crippen molar-refractivity contribution >= 4 is 27.5 Å². The van der Waals surface area contributed by atoms with E-state index in [1.165, 1.54) is 17.7 Å². The van der Waals surface area contributed by atoms with Gasteiger partial charge in [-0.25, -0.2) is 9.78 Å². The highest BCUT2D eigenvalue weighted by molar-refractivity contribution is 7.20. The Morgan fingerprint density at radius 3 is 2.70 bits per heavy atom. The number of benzene rings is 1. The lowest BCUT2D eigenvalue weighted by Gasteiger charge is -2.08. The van der Waals surface area contributed by atoms with Crippen molar-refractivity contribution in [3.8, 4) is 5.75 Å². The Labute approximate surface area is 161 Å². The quantitative estimate of drug-likeness (QED) is 0.456. The van der Waals surface area contributed by atoms with Crippen molar-refractivity contribution < 1.29 is 14.3 Å². The second-order valence-electron chi connectivity index (χ2n) is 6.45. The third kappa shape index (κ3) is 4.36. The monoisotopic (exact) mass is 386 g/mol. The van der Waals surface area contributed by atoms with Crippen LogP contribution in [0.25, 0.3) is 10.2 Å². The summed E-state index contributed by atoms with van der Waals surface area (Å²) >= 11 is 1.20. The molecule has 0 aliphatic heterocycles. The van der Waals surface area contributed by atoms with Crippen LogP contribution in [0.4, 0.5) is 0 Å². The molecule has 3 aromatic rings. The van der Waals surface area contributed by atoms with E-state index in [1.807, 2.05) is 30.3 Å². The first kappa shape index (κ1) is 19.1. The Morgan fingerprint density at radius 1 is 1.26 bits per heavy atom. The summed E-state index contributed by atoms with van der Waals surface area (Å²) in [7, 11) is 0. The van der Waals surface area contributed by atoms with Crippen LogP contribution in [-0.2, 0) is 11.3 Å². The van der Waals surface area contributed by atoms with Crippen molar-refractivity contribution in [2.24, 2.45) is 0 Å². The highest BCUT2D eigenvalue weighted by atomic mass is 32.1. The van der Waals surface area contributed by atoms with Crippen LogP contribution in [0.3, 0.4) is 0 Å². The summed E-state index contributed by atoms with van der Waals surface area (Å²) < 4.78 is 12.5. The van der Waals surface area contributed by atoms with Crippen molar-refractivity contribution in [1.29, 1.82) is 0 Å². The number of aryl methyl sites for hydroxylation is 2. The molecule has 0 fully saturated rings. The highest BCUT2D eigenvalue weighted by Gasteiger charge is 2.21. The maximum Gasteiger partial charge on any atom is 0.348 e. The van der Waals surface area contributed by atoms with Gasteiger partial charge < -0.3 is 9.47 Å². The number of para-hydroxylation sites is 1. The number of rotatable bonds is 7. The minimum absolute atomic E-state index is 0.142. The Hall–Kier alpha value is -2.67. The third-order valence-corrected chi connectivity index (χ3v) is 5.18. The van der Waals surface area contributed by atoms with Gasteiger partial charge in [-0.2, -0.15) is 0 Å². The van der Waals surface area contributed by atoms with E-state index in [2.05, 4.69) is 4.98 Å². The molecule has 0 spiro atoms. The number of thiophene rings is 1. The van der Waals surface area contributed by atoms with E-state index < -0.39 is 5.97 Å². The van der Waals surface area contributed by atoms with Crippen molar-refractivity contribution in [1.82, 2.24) is 9.55 Å². The van der Waals surface area contributed by atoms with Crippen LogP contribution >= 0.6 is 11.3 Å².